The van der Waals surface area contributed by atoms with Gasteiger partial charge in [0.1, 0.15) is 18.4 Å². The summed E-state index contributed by atoms with van der Waals surface area (Å²) in [6, 6.07) is 6.17. The zero-order chi connectivity index (χ0) is 22.1. The van der Waals surface area contributed by atoms with Gasteiger partial charge >= 0.3 is 0 Å². The zero-order valence-corrected chi connectivity index (χ0v) is 18.3. The largest absolute Gasteiger partial charge is 0.497 e. The molecule has 1 heterocycles. The minimum absolute atomic E-state index is 0.0112. The molecule has 2 rings (SSSR count). The fraction of sp³-hybridized carbons (Fsp3) is 0.591. The lowest BCUT2D eigenvalue weighted by Crippen LogP contribution is -2.55. The van der Waals surface area contributed by atoms with Gasteiger partial charge in [-0.05, 0) is 50.3 Å². The van der Waals surface area contributed by atoms with Gasteiger partial charge < -0.3 is 25.0 Å². The van der Waals surface area contributed by atoms with Gasteiger partial charge in [-0.2, -0.15) is 0 Å². The topological polar surface area (TPSA) is 97.0 Å². The number of nitrogens with zero attached hydrogens (tertiary/aromatic N) is 1. The molecule has 8 nitrogen and oxygen atoms in total. The monoisotopic (exact) mass is 419 g/mol. The lowest BCUT2D eigenvalue weighted by molar-refractivity contribution is -0.136. The van der Waals surface area contributed by atoms with Gasteiger partial charge in [0, 0.05) is 31.8 Å². The second-order valence-electron chi connectivity index (χ2n) is 7.65. The Balaban J connectivity index is 2.12. The summed E-state index contributed by atoms with van der Waals surface area (Å²) < 4.78 is 10.1. The van der Waals surface area contributed by atoms with E-state index in [4.69, 9.17) is 9.47 Å². The molecule has 30 heavy (non-hydrogen) atoms. The molecule has 2 unspecified atom stereocenters. The Labute approximate surface area is 178 Å². The van der Waals surface area contributed by atoms with E-state index in [2.05, 4.69) is 10.6 Å². The minimum atomic E-state index is -0.669. The van der Waals surface area contributed by atoms with Crippen LogP contribution in [0.5, 0.6) is 5.75 Å². The number of ether oxygens (including phenoxy) is 2. The number of methoxy groups -OCH3 is 2. The Kier molecular flexibility index (Phi) is 9.11. The normalized spacial score (nSPS) is 16.5. The Bertz CT molecular complexity index is 731. The first-order valence-corrected chi connectivity index (χ1v) is 10.4. The third kappa shape index (κ3) is 6.45. The van der Waals surface area contributed by atoms with Gasteiger partial charge in [0.2, 0.25) is 11.8 Å². The first-order chi connectivity index (χ1) is 14.4. The molecule has 0 aromatic heterocycles. The van der Waals surface area contributed by atoms with Crippen LogP contribution in [0.2, 0.25) is 0 Å². The molecule has 0 radical (unpaired) electrons. The van der Waals surface area contributed by atoms with Gasteiger partial charge in [-0.15, -0.1) is 0 Å². The van der Waals surface area contributed by atoms with E-state index in [0.717, 1.165) is 6.42 Å². The van der Waals surface area contributed by atoms with Crippen molar-refractivity contribution < 1.29 is 23.9 Å². The number of carbonyl (C=O) groups is 3. The van der Waals surface area contributed by atoms with Crippen LogP contribution in [-0.4, -0.2) is 68.6 Å². The maximum absolute atomic E-state index is 13.0. The highest BCUT2D eigenvalue weighted by atomic mass is 16.5. The molecule has 1 fully saturated rings. The fourth-order valence-electron chi connectivity index (χ4n) is 3.52. The average Bonchev–Trinajstić information content (AvgIpc) is 2.77. The fourth-order valence-corrected chi connectivity index (χ4v) is 3.52. The molecule has 0 aliphatic carbocycles. The number of amides is 3. The number of benzene rings is 1. The van der Waals surface area contributed by atoms with E-state index in [1.54, 1.807) is 29.2 Å². The molecule has 2 N–H and O–H groups in total. The number of hydrogen-bond donors (Lipinski definition) is 2. The maximum Gasteiger partial charge on any atom is 0.252 e. The van der Waals surface area contributed by atoms with Crippen molar-refractivity contribution in [2.75, 3.05) is 33.9 Å². The van der Waals surface area contributed by atoms with Crippen LogP contribution in [0.4, 0.5) is 0 Å². The van der Waals surface area contributed by atoms with Gasteiger partial charge in [-0.25, -0.2) is 0 Å². The van der Waals surface area contributed by atoms with Crippen LogP contribution >= 0.6 is 0 Å². The van der Waals surface area contributed by atoms with E-state index in [1.807, 2.05) is 13.8 Å². The minimum Gasteiger partial charge on any atom is -0.497 e. The van der Waals surface area contributed by atoms with Crippen LogP contribution in [0.25, 0.3) is 0 Å². The molecule has 0 spiro atoms. The van der Waals surface area contributed by atoms with Crippen molar-refractivity contribution in [3.8, 4) is 5.75 Å². The molecule has 0 saturated carbocycles. The van der Waals surface area contributed by atoms with Crippen LogP contribution in [-0.2, 0) is 14.3 Å². The molecular weight excluding hydrogens is 386 g/mol. The molecular formula is C22H33N3O5. The van der Waals surface area contributed by atoms with Gasteiger partial charge in [-0.3, -0.25) is 14.4 Å². The van der Waals surface area contributed by atoms with Gasteiger partial charge in [-0.1, -0.05) is 13.0 Å². The van der Waals surface area contributed by atoms with Gasteiger partial charge in [0.25, 0.3) is 5.91 Å². The van der Waals surface area contributed by atoms with Gasteiger partial charge in [0.05, 0.1) is 7.11 Å². The molecule has 1 aromatic carbocycles. The quantitative estimate of drug-likeness (QED) is 0.634. The van der Waals surface area contributed by atoms with Crippen molar-refractivity contribution in [3.63, 3.8) is 0 Å². The Hall–Kier alpha value is -2.61. The van der Waals surface area contributed by atoms with Crippen molar-refractivity contribution in [2.24, 2.45) is 5.92 Å². The lowest BCUT2D eigenvalue weighted by atomic mass is 9.88. The lowest BCUT2D eigenvalue weighted by Gasteiger charge is -2.36. The van der Waals surface area contributed by atoms with E-state index in [9.17, 15) is 14.4 Å². The number of likely N-dealkylation sites (tertiary alicyclic amines) is 1. The summed E-state index contributed by atoms with van der Waals surface area (Å²) in [4.78, 5) is 39.6. The van der Waals surface area contributed by atoms with Crippen LogP contribution < -0.4 is 15.4 Å². The summed E-state index contributed by atoms with van der Waals surface area (Å²) in [7, 11) is 3.03. The van der Waals surface area contributed by atoms with Crippen LogP contribution in [0.15, 0.2) is 24.3 Å². The standard InChI is InChI=1S/C22H33N3O5/c1-5-15(2)23-22(28)20(16-9-11-25(12-10-16)19(26)14-29-3)24-21(27)17-7-6-8-18(13-17)30-4/h6-8,13,15-16,20H,5,9-12,14H2,1-4H3,(H,23,28)(H,24,27). The molecule has 2 atom stereocenters. The molecule has 1 aliphatic rings. The molecule has 166 valence electrons. The van der Waals surface area contributed by atoms with E-state index >= 15 is 0 Å². The van der Waals surface area contributed by atoms with Crippen LogP contribution in [0.3, 0.4) is 0 Å². The second kappa shape index (κ2) is 11.5. The third-order valence-electron chi connectivity index (χ3n) is 5.53. The number of piperidine rings is 1. The summed E-state index contributed by atoms with van der Waals surface area (Å²) in [6.45, 7) is 5.05. The SMILES string of the molecule is CCC(C)NC(=O)C(NC(=O)c1cccc(OC)c1)C1CCN(C(=O)COC)CC1. The Morgan fingerprint density at radius 2 is 1.87 bits per heavy atom. The summed E-state index contributed by atoms with van der Waals surface area (Å²) in [5.41, 5.74) is 0.434. The molecule has 8 heteroatoms. The van der Waals surface area contributed by atoms with E-state index in [-0.39, 0.29) is 36.3 Å². The summed E-state index contributed by atoms with van der Waals surface area (Å²) in [5.74, 6) is -0.0567. The van der Waals surface area contributed by atoms with Crippen molar-refractivity contribution in [1.29, 1.82) is 0 Å². The van der Waals surface area contributed by atoms with Crippen LogP contribution in [0.1, 0.15) is 43.5 Å². The van der Waals surface area contributed by atoms with E-state index in [0.29, 0.717) is 37.2 Å². The molecule has 1 saturated heterocycles. The Morgan fingerprint density at radius 1 is 1.17 bits per heavy atom. The van der Waals surface area contributed by atoms with Crippen molar-refractivity contribution in [2.45, 2.75) is 45.2 Å². The number of hydrogen-bond acceptors (Lipinski definition) is 5. The first kappa shape index (κ1) is 23.7. The predicted molar refractivity (Wildman–Crippen MR) is 113 cm³/mol. The predicted octanol–water partition coefficient (Wildman–Crippen LogP) is 1.59. The molecule has 1 aliphatic heterocycles. The smallest absolute Gasteiger partial charge is 0.252 e. The number of carbonyl (C=O) groups excluding carboxylic acids is 3. The highest BCUT2D eigenvalue weighted by Crippen LogP contribution is 2.22. The summed E-state index contributed by atoms with van der Waals surface area (Å²) in [5, 5.41) is 5.90. The molecule has 3 amide bonds. The number of nitrogens with one attached hydrogen (secondary N) is 2. The summed E-state index contributed by atoms with van der Waals surface area (Å²) in [6.07, 6.45) is 2.06. The average molecular weight is 420 g/mol. The molecule has 0 bridgehead atoms. The highest BCUT2D eigenvalue weighted by Gasteiger charge is 2.34. The van der Waals surface area contributed by atoms with Crippen molar-refractivity contribution >= 4 is 17.7 Å². The maximum atomic E-state index is 13.0. The third-order valence-corrected chi connectivity index (χ3v) is 5.53. The highest BCUT2D eigenvalue weighted by molar-refractivity contribution is 5.98. The first-order valence-electron chi connectivity index (χ1n) is 10.4. The van der Waals surface area contributed by atoms with E-state index in [1.165, 1.54) is 14.2 Å². The second-order valence-corrected chi connectivity index (χ2v) is 7.65. The molecule has 1 aromatic rings. The summed E-state index contributed by atoms with van der Waals surface area (Å²) >= 11 is 0. The van der Waals surface area contributed by atoms with Crippen molar-refractivity contribution in [3.05, 3.63) is 29.8 Å². The number of rotatable bonds is 9. The zero-order valence-electron chi connectivity index (χ0n) is 18.3. The van der Waals surface area contributed by atoms with Crippen LogP contribution in [0, 0.1) is 5.92 Å². The van der Waals surface area contributed by atoms with Crippen molar-refractivity contribution in [1.82, 2.24) is 15.5 Å². The Morgan fingerprint density at radius 3 is 2.47 bits per heavy atom. The van der Waals surface area contributed by atoms with E-state index < -0.39 is 6.04 Å². The van der Waals surface area contributed by atoms with Gasteiger partial charge in [0.15, 0.2) is 0 Å².